The number of nitrogens with zero attached hydrogens (tertiary/aromatic N) is 3. The number of nitrogens with one attached hydrogen (secondary N) is 3. The predicted molar refractivity (Wildman–Crippen MR) is 119 cm³/mol. The van der Waals surface area contributed by atoms with Crippen molar-refractivity contribution in [2.45, 2.75) is 20.8 Å². The van der Waals surface area contributed by atoms with Gasteiger partial charge in [0, 0.05) is 42.3 Å². The zero-order valence-corrected chi connectivity index (χ0v) is 17.5. The Balaban J connectivity index is 1.64. The van der Waals surface area contributed by atoms with Crippen molar-refractivity contribution in [2.24, 2.45) is 0 Å². The summed E-state index contributed by atoms with van der Waals surface area (Å²) in [6, 6.07) is 11.1. The van der Waals surface area contributed by atoms with E-state index in [2.05, 4.69) is 44.7 Å². The summed E-state index contributed by atoms with van der Waals surface area (Å²) in [4.78, 5) is 23.2. The number of amides is 2. The van der Waals surface area contributed by atoms with Gasteiger partial charge in [-0.15, -0.1) is 0 Å². The predicted octanol–water partition coefficient (Wildman–Crippen LogP) is 5.30. The molecule has 3 aromatic rings. The molecule has 3 N–H and O–H groups in total. The van der Waals surface area contributed by atoms with Gasteiger partial charge in [0.05, 0.1) is 5.69 Å². The number of hydrogen-bond acceptors (Lipinski definition) is 5. The maximum absolute atomic E-state index is 13.7. The average Bonchev–Trinajstić information content (AvgIpc) is 2.72. The number of aromatic nitrogens is 2. The van der Waals surface area contributed by atoms with E-state index in [1.54, 1.807) is 24.3 Å². The first-order valence-corrected chi connectivity index (χ1v) is 9.88. The first-order valence-electron chi connectivity index (χ1n) is 9.88. The van der Waals surface area contributed by atoms with Crippen LogP contribution in [0.1, 0.15) is 19.5 Å². The van der Waals surface area contributed by atoms with Gasteiger partial charge in [-0.05, 0) is 57.2 Å². The second-order valence-electron chi connectivity index (χ2n) is 6.77. The maximum Gasteiger partial charge on any atom is 0.323 e. The number of anilines is 5. The number of aryl methyl sites for hydroxylation is 1. The Morgan fingerprint density at radius 1 is 0.935 bits per heavy atom. The first kappa shape index (κ1) is 21.9. The molecule has 2 aromatic carbocycles. The lowest BCUT2D eigenvalue weighted by Gasteiger charge is -2.20. The Morgan fingerprint density at radius 2 is 1.61 bits per heavy atom. The van der Waals surface area contributed by atoms with E-state index in [4.69, 9.17) is 0 Å². The van der Waals surface area contributed by atoms with E-state index in [1.165, 1.54) is 0 Å². The van der Waals surface area contributed by atoms with Crippen LogP contribution in [0.5, 0.6) is 0 Å². The molecule has 0 aliphatic rings. The molecule has 0 radical (unpaired) electrons. The van der Waals surface area contributed by atoms with E-state index >= 15 is 0 Å². The fourth-order valence-electron chi connectivity index (χ4n) is 2.96. The van der Waals surface area contributed by atoms with Crippen LogP contribution in [0.2, 0.25) is 0 Å². The first-order chi connectivity index (χ1) is 14.9. The van der Waals surface area contributed by atoms with Crippen LogP contribution in [0.3, 0.4) is 0 Å². The highest BCUT2D eigenvalue weighted by atomic mass is 19.1. The Bertz CT molecular complexity index is 1050. The van der Waals surface area contributed by atoms with Gasteiger partial charge in [0.15, 0.2) is 0 Å². The summed E-state index contributed by atoms with van der Waals surface area (Å²) in [5.41, 5.74) is 1.98. The van der Waals surface area contributed by atoms with Crippen molar-refractivity contribution in [3.63, 3.8) is 0 Å². The Labute approximate surface area is 179 Å². The van der Waals surface area contributed by atoms with Gasteiger partial charge in [0.25, 0.3) is 0 Å². The lowest BCUT2D eigenvalue weighted by Crippen LogP contribution is -2.23. The molecule has 7 nitrogen and oxygen atoms in total. The van der Waals surface area contributed by atoms with Crippen LogP contribution in [0.15, 0.2) is 48.5 Å². The molecule has 1 aromatic heterocycles. The Morgan fingerprint density at radius 3 is 2.26 bits per heavy atom. The summed E-state index contributed by atoms with van der Waals surface area (Å²) < 4.78 is 26.6. The topological polar surface area (TPSA) is 82.2 Å². The quantitative estimate of drug-likeness (QED) is 0.478. The maximum atomic E-state index is 13.7. The van der Waals surface area contributed by atoms with Crippen molar-refractivity contribution in [1.82, 2.24) is 9.97 Å². The van der Waals surface area contributed by atoms with Gasteiger partial charge in [-0.1, -0.05) is 0 Å². The monoisotopic (exact) mass is 426 g/mol. The van der Waals surface area contributed by atoms with Crippen molar-refractivity contribution in [3.05, 3.63) is 65.9 Å². The van der Waals surface area contributed by atoms with Crippen LogP contribution in [-0.2, 0) is 0 Å². The van der Waals surface area contributed by atoms with Crippen molar-refractivity contribution >= 4 is 34.9 Å². The zero-order valence-electron chi connectivity index (χ0n) is 17.5. The van der Waals surface area contributed by atoms with Crippen molar-refractivity contribution in [1.29, 1.82) is 0 Å². The van der Waals surface area contributed by atoms with Gasteiger partial charge >= 0.3 is 6.03 Å². The lowest BCUT2D eigenvalue weighted by atomic mass is 10.2. The SMILES string of the molecule is CCN(CC)c1cc(C)nc(Nc2ccc(NC(=O)Nc3ccc(F)cc3F)cc2)n1. The second-order valence-corrected chi connectivity index (χ2v) is 6.77. The molecular weight excluding hydrogens is 402 g/mol. The summed E-state index contributed by atoms with van der Waals surface area (Å²) in [6.45, 7) is 7.74. The number of rotatable bonds is 7. The molecule has 0 atom stereocenters. The number of carbonyl (C=O) groups excluding carboxylic acids is 1. The minimum atomic E-state index is -0.850. The average molecular weight is 426 g/mol. The minimum Gasteiger partial charge on any atom is -0.357 e. The highest BCUT2D eigenvalue weighted by Crippen LogP contribution is 2.21. The van der Waals surface area contributed by atoms with Crippen LogP contribution in [0.25, 0.3) is 0 Å². The summed E-state index contributed by atoms with van der Waals surface area (Å²) >= 11 is 0. The van der Waals surface area contributed by atoms with E-state index in [9.17, 15) is 13.6 Å². The molecule has 0 saturated carbocycles. The molecule has 2 amide bonds. The minimum absolute atomic E-state index is 0.113. The van der Waals surface area contributed by atoms with E-state index in [-0.39, 0.29) is 5.69 Å². The fraction of sp³-hybridized carbons (Fsp3) is 0.227. The molecule has 0 saturated heterocycles. The molecule has 162 valence electrons. The molecule has 0 bridgehead atoms. The molecule has 3 rings (SSSR count). The third-order valence-electron chi connectivity index (χ3n) is 4.51. The van der Waals surface area contributed by atoms with Crippen LogP contribution in [0.4, 0.5) is 42.4 Å². The highest BCUT2D eigenvalue weighted by molar-refractivity contribution is 5.99. The van der Waals surface area contributed by atoms with Crippen molar-refractivity contribution in [2.75, 3.05) is 33.9 Å². The Hall–Kier alpha value is -3.75. The summed E-state index contributed by atoms with van der Waals surface area (Å²) in [7, 11) is 0. The molecule has 0 aliphatic carbocycles. The number of benzene rings is 2. The second kappa shape index (κ2) is 9.84. The molecular formula is C22H24F2N6O. The van der Waals surface area contributed by atoms with Gasteiger partial charge in [0.1, 0.15) is 17.5 Å². The van der Waals surface area contributed by atoms with E-state index in [0.717, 1.165) is 42.4 Å². The van der Waals surface area contributed by atoms with E-state index in [0.29, 0.717) is 17.7 Å². The highest BCUT2D eigenvalue weighted by Gasteiger charge is 2.10. The van der Waals surface area contributed by atoms with Crippen molar-refractivity contribution < 1.29 is 13.6 Å². The molecule has 1 heterocycles. The molecule has 31 heavy (non-hydrogen) atoms. The van der Waals surface area contributed by atoms with Gasteiger partial charge in [-0.25, -0.2) is 18.6 Å². The van der Waals surface area contributed by atoms with Gasteiger partial charge in [-0.3, -0.25) is 0 Å². The molecule has 0 aliphatic heterocycles. The summed E-state index contributed by atoms with van der Waals surface area (Å²) in [5, 5.41) is 8.10. The van der Waals surface area contributed by atoms with Gasteiger partial charge in [0.2, 0.25) is 5.95 Å². The van der Waals surface area contributed by atoms with Gasteiger partial charge in [-0.2, -0.15) is 4.98 Å². The molecule has 0 fully saturated rings. The lowest BCUT2D eigenvalue weighted by molar-refractivity contribution is 0.262. The van der Waals surface area contributed by atoms with Crippen LogP contribution >= 0.6 is 0 Å². The van der Waals surface area contributed by atoms with Gasteiger partial charge < -0.3 is 20.9 Å². The van der Waals surface area contributed by atoms with E-state index < -0.39 is 17.7 Å². The third-order valence-corrected chi connectivity index (χ3v) is 4.51. The van der Waals surface area contributed by atoms with Crippen molar-refractivity contribution in [3.8, 4) is 0 Å². The summed E-state index contributed by atoms with van der Waals surface area (Å²) in [6.07, 6.45) is 0. The zero-order chi connectivity index (χ0) is 22.4. The molecule has 0 unspecified atom stereocenters. The normalized spacial score (nSPS) is 10.5. The van der Waals surface area contributed by atoms with Crippen LogP contribution < -0.4 is 20.9 Å². The smallest absolute Gasteiger partial charge is 0.323 e. The van der Waals surface area contributed by atoms with Crippen LogP contribution in [-0.4, -0.2) is 29.1 Å². The number of urea groups is 1. The van der Waals surface area contributed by atoms with Crippen LogP contribution in [0, 0.1) is 18.6 Å². The largest absolute Gasteiger partial charge is 0.357 e. The molecule has 9 heteroatoms. The molecule has 0 spiro atoms. The number of carbonyl (C=O) groups is 1. The standard InChI is InChI=1S/C22H24F2N6O/c1-4-30(5-2)20-12-14(3)25-21(29-20)26-16-7-9-17(10-8-16)27-22(31)28-19-11-6-15(23)13-18(19)24/h6-13H,4-5H2,1-3H3,(H,25,26,29)(H2,27,28,31). The number of hydrogen-bond donors (Lipinski definition) is 3. The third kappa shape index (κ3) is 5.88. The fourth-order valence-corrected chi connectivity index (χ4v) is 2.96. The van der Waals surface area contributed by atoms with E-state index in [1.807, 2.05) is 13.0 Å². The number of halogens is 2. The Kier molecular flexibility index (Phi) is 6.96. The summed E-state index contributed by atoms with van der Waals surface area (Å²) in [5.74, 6) is -0.236.